The molecule has 0 aliphatic carbocycles. The van der Waals surface area contributed by atoms with E-state index in [0.717, 1.165) is 18.7 Å². The smallest absolute Gasteiger partial charge is 0.251 e. The van der Waals surface area contributed by atoms with Crippen LogP contribution in [0.5, 0.6) is 0 Å². The molecule has 1 fully saturated rings. The molecule has 0 radical (unpaired) electrons. The van der Waals surface area contributed by atoms with E-state index in [4.69, 9.17) is 0 Å². The summed E-state index contributed by atoms with van der Waals surface area (Å²) in [5.41, 5.74) is 5.54. The molecule has 3 rings (SSSR count). The van der Waals surface area contributed by atoms with Crippen molar-refractivity contribution in [3.8, 4) is 0 Å². The predicted octanol–water partition coefficient (Wildman–Crippen LogP) is 4.78. The number of hydrogen-bond donors (Lipinski definition) is 1. The molecule has 2 aromatic rings. The first kappa shape index (κ1) is 17.5. The third kappa shape index (κ3) is 4.22. The van der Waals surface area contributed by atoms with E-state index < -0.39 is 0 Å². The predicted molar refractivity (Wildman–Crippen MR) is 104 cm³/mol. The van der Waals surface area contributed by atoms with Crippen molar-refractivity contribution in [2.24, 2.45) is 0 Å². The highest BCUT2D eigenvalue weighted by atomic mass is 16.1. The topological polar surface area (TPSA) is 32.3 Å². The zero-order valence-electron chi connectivity index (χ0n) is 15.5. The van der Waals surface area contributed by atoms with Crippen molar-refractivity contribution in [1.29, 1.82) is 0 Å². The van der Waals surface area contributed by atoms with E-state index in [-0.39, 0.29) is 11.9 Å². The minimum atomic E-state index is -0.0152. The van der Waals surface area contributed by atoms with Crippen LogP contribution in [0.1, 0.15) is 59.3 Å². The highest BCUT2D eigenvalue weighted by Crippen LogP contribution is 2.22. The Kier molecular flexibility index (Phi) is 5.42. The second-order valence-corrected chi connectivity index (χ2v) is 7.15. The Hall–Kier alpha value is -2.29. The number of hydrogen-bond acceptors (Lipinski definition) is 2. The van der Waals surface area contributed by atoms with Crippen molar-refractivity contribution in [3.05, 3.63) is 64.7 Å². The number of nitrogens with one attached hydrogen (secondary N) is 1. The molecule has 3 heteroatoms. The van der Waals surface area contributed by atoms with Gasteiger partial charge in [-0.1, -0.05) is 23.8 Å². The van der Waals surface area contributed by atoms with Crippen molar-refractivity contribution in [1.82, 2.24) is 5.32 Å². The molecule has 1 atom stereocenters. The van der Waals surface area contributed by atoms with Gasteiger partial charge in [0.15, 0.2) is 0 Å². The summed E-state index contributed by atoms with van der Waals surface area (Å²) in [6.07, 6.45) is 3.85. The van der Waals surface area contributed by atoms with Crippen LogP contribution in [0.3, 0.4) is 0 Å². The minimum absolute atomic E-state index is 0.00540. The van der Waals surface area contributed by atoms with Crippen LogP contribution in [-0.2, 0) is 0 Å². The third-order valence-corrected chi connectivity index (χ3v) is 5.10. The molecule has 132 valence electrons. The van der Waals surface area contributed by atoms with Gasteiger partial charge in [-0.15, -0.1) is 0 Å². The van der Waals surface area contributed by atoms with E-state index in [1.807, 2.05) is 19.1 Å². The summed E-state index contributed by atoms with van der Waals surface area (Å²) in [4.78, 5) is 15.0. The summed E-state index contributed by atoms with van der Waals surface area (Å²) in [6.45, 7) is 8.45. The average molecular weight is 336 g/mol. The Morgan fingerprint density at radius 2 is 1.68 bits per heavy atom. The van der Waals surface area contributed by atoms with Crippen LogP contribution in [0.2, 0.25) is 0 Å². The lowest BCUT2D eigenvalue weighted by Gasteiger charge is -2.28. The summed E-state index contributed by atoms with van der Waals surface area (Å²) >= 11 is 0. The molecule has 1 aliphatic rings. The van der Waals surface area contributed by atoms with Crippen LogP contribution in [0.15, 0.2) is 42.5 Å². The van der Waals surface area contributed by atoms with Crippen LogP contribution >= 0.6 is 0 Å². The van der Waals surface area contributed by atoms with Crippen LogP contribution in [0, 0.1) is 13.8 Å². The van der Waals surface area contributed by atoms with Crippen LogP contribution in [0.4, 0.5) is 5.69 Å². The van der Waals surface area contributed by atoms with Gasteiger partial charge in [0.2, 0.25) is 0 Å². The molecule has 1 saturated heterocycles. The van der Waals surface area contributed by atoms with Gasteiger partial charge in [0.1, 0.15) is 0 Å². The number of aryl methyl sites for hydroxylation is 2. The third-order valence-electron chi connectivity index (χ3n) is 5.10. The lowest BCUT2D eigenvalue weighted by molar-refractivity contribution is 0.0940. The molecule has 1 heterocycles. The molecular formula is C22H28N2O. The normalized spacial score (nSPS) is 15.7. The fourth-order valence-electron chi connectivity index (χ4n) is 3.56. The number of piperidine rings is 1. The maximum Gasteiger partial charge on any atom is 0.251 e. The molecule has 1 unspecified atom stereocenters. The second-order valence-electron chi connectivity index (χ2n) is 7.15. The number of nitrogens with zero attached hydrogens (tertiary/aromatic N) is 1. The summed E-state index contributed by atoms with van der Waals surface area (Å²) in [5, 5.41) is 3.13. The first-order chi connectivity index (χ1) is 12.0. The highest BCUT2D eigenvalue weighted by molar-refractivity contribution is 5.94. The van der Waals surface area contributed by atoms with Crippen LogP contribution in [0.25, 0.3) is 0 Å². The molecule has 3 nitrogen and oxygen atoms in total. The van der Waals surface area contributed by atoms with E-state index in [1.165, 1.54) is 41.6 Å². The van der Waals surface area contributed by atoms with Gasteiger partial charge in [0, 0.05) is 24.3 Å². The molecule has 1 N–H and O–H groups in total. The minimum Gasteiger partial charge on any atom is -0.372 e. The van der Waals surface area contributed by atoms with Crippen molar-refractivity contribution in [3.63, 3.8) is 0 Å². The molecule has 0 aromatic heterocycles. The number of carbonyl (C=O) groups is 1. The Labute approximate surface area is 151 Å². The summed E-state index contributed by atoms with van der Waals surface area (Å²) in [5.74, 6) is -0.0152. The molecule has 2 aromatic carbocycles. The zero-order chi connectivity index (χ0) is 17.8. The first-order valence-corrected chi connectivity index (χ1v) is 9.27. The summed E-state index contributed by atoms with van der Waals surface area (Å²) in [7, 11) is 0. The molecule has 1 amide bonds. The largest absolute Gasteiger partial charge is 0.372 e. The molecule has 25 heavy (non-hydrogen) atoms. The van der Waals surface area contributed by atoms with Crippen molar-refractivity contribution >= 4 is 11.6 Å². The monoisotopic (exact) mass is 336 g/mol. The SMILES string of the molecule is Cc1ccc(C)c(C(C)NC(=O)c2ccc(N3CCCCC3)cc2)c1. The average Bonchev–Trinajstić information content (AvgIpc) is 2.64. The number of amides is 1. The molecular weight excluding hydrogens is 308 g/mol. The fraction of sp³-hybridized carbons (Fsp3) is 0.409. The lowest BCUT2D eigenvalue weighted by Crippen LogP contribution is -2.29. The Balaban J connectivity index is 1.67. The first-order valence-electron chi connectivity index (χ1n) is 9.27. The van der Waals surface area contributed by atoms with E-state index in [2.05, 4.69) is 54.4 Å². The highest BCUT2D eigenvalue weighted by Gasteiger charge is 2.15. The van der Waals surface area contributed by atoms with Gasteiger partial charge in [-0.2, -0.15) is 0 Å². The maximum atomic E-state index is 12.6. The van der Waals surface area contributed by atoms with Gasteiger partial charge in [-0.3, -0.25) is 4.79 Å². The van der Waals surface area contributed by atoms with Crippen molar-refractivity contribution in [2.75, 3.05) is 18.0 Å². The van der Waals surface area contributed by atoms with Gasteiger partial charge in [-0.25, -0.2) is 0 Å². The van der Waals surface area contributed by atoms with E-state index >= 15 is 0 Å². The molecule has 0 bridgehead atoms. The van der Waals surface area contributed by atoms with Crippen LogP contribution in [-0.4, -0.2) is 19.0 Å². The Bertz CT molecular complexity index is 730. The second kappa shape index (κ2) is 7.73. The van der Waals surface area contributed by atoms with Gasteiger partial charge >= 0.3 is 0 Å². The quantitative estimate of drug-likeness (QED) is 0.871. The van der Waals surface area contributed by atoms with Gasteiger partial charge in [0.05, 0.1) is 6.04 Å². The maximum absolute atomic E-state index is 12.6. The lowest BCUT2D eigenvalue weighted by atomic mass is 9.99. The van der Waals surface area contributed by atoms with Gasteiger partial charge in [0.25, 0.3) is 5.91 Å². The van der Waals surface area contributed by atoms with Gasteiger partial charge < -0.3 is 10.2 Å². The number of rotatable bonds is 4. The Morgan fingerprint density at radius 3 is 2.36 bits per heavy atom. The number of benzene rings is 2. The molecule has 1 aliphatic heterocycles. The van der Waals surface area contributed by atoms with Crippen LogP contribution < -0.4 is 10.2 Å². The number of anilines is 1. The van der Waals surface area contributed by atoms with E-state index in [9.17, 15) is 4.79 Å². The Morgan fingerprint density at radius 1 is 1.00 bits per heavy atom. The summed E-state index contributed by atoms with van der Waals surface area (Å²) in [6, 6.07) is 14.4. The standard InChI is InChI=1S/C22H28N2O/c1-16-7-8-17(2)21(15-16)18(3)23-22(25)19-9-11-20(12-10-19)24-13-5-4-6-14-24/h7-12,15,18H,4-6,13-14H2,1-3H3,(H,23,25). The molecule has 0 saturated carbocycles. The van der Waals surface area contributed by atoms with E-state index in [1.54, 1.807) is 0 Å². The number of carbonyl (C=O) groups excluding carboxylic acids is 1. The van der Waals surface area contributed by atoms with Crippen molar-refractivity contribution < 1.29 is 4.79 Å². The van der Waals surface area contributed by atoms with Gasteiger partial charge in [-0.05, 0) is 75.4 Å². The fourth-order valence-corrected chi connectivity index (χ4v) is 3.56. The van der Waals surface area contributed by atoms with Crippen molar-refractivity contribution in [2.45, 2.75) is 46.1 Å². The summed E-state index contributed by atoms with van der Waals surface area (Å²) < 4.78 is 0. The zero-order valence-corrected chi connectivity index (χ0v) is 15.5. The van der Waals surface area contributed by atoms with E-state index in [0.29, 0.717) is 0 Å². The molecule has 0 spiro atoms.